The number of rotatable bonds is 4. The van der Waals surface area contributed by atoms with Crippen LogP contribution in [-0.4, -0.2) is 54.7 Å². The standard InChI is InChI=1S/C34H32N8O7S/c1-5-17(4)25-29(44)40-24(16(2)3)28(43)35-11-23-36-19(12-46-23)31-37-20(13-47-31)32-38-21(14-48-32)34-39-22(15-50-34)33-42-26(30(45)41-25)27(49-33)18-9-7-6-8-10-18/h6-10,12-17,24-25H,5,11H2,1-4H3,(H,35,43)(H,40,44)(H,41,45)/t17-,24-,25-/m0/s1. The van der Waals surface area contributed by atoms with E-state index < -0.39 is 29.8 Å². The topological polar surface area (TPSA) is 204 Å². The highest BCUT2D eigenvalue weighted by Gasteiger charge is 2.34. The van der Waals surface area contributed by atoms with Crippen LogP contribution in [0.25, 0.3) is 56.8 Å². The molecule has 16 heteroatoms. The van der Waals surface area contributed by atoms with E-state index in [1.165, 1.54) is 30.1 Å². The lowest BCUT2D eigenvalue weighted by Gasteiger charge is -2.27. The first-order valence-electron chi connectivity index (χ1n) is 16.0. The lowest BCUT2D eigenvalue weighted by molar-refractivity contribution is -0.131. The van der Waals surface area contributed by atoms with Crippen LogP contribution in [0.3, 0.4) is 0 Å². The summed E-state index contributed by atoms with van der Waals surface area (Å²) in [6, 6.07) is 7.13. The SMILES string of the molecule is CC[C@H](C)[C@@H]1NC(=O)c2nc(oc2-c2ccccc2)-c2csc(n2)-c2coc(n2)-c2coc(n2)-c2coc(n2)CNC(=O)[C@H](C(C)C)NC1=O. The van der Waals surface area contributed by atoms with Crippen LogP contribution in [0.2, 0.25) is 0 Å². The summed E-state index contributed by atoms with van der Waals surface area (Å²) in [6.07, 6.45) is 4.74. The molecule has 6 aromatic rings. The molecule has 0 fully saturated rings. The minimum atomic E-state index is -0.997. The number of carbonyl (C=O) groups is 3. The van der Waals surface area contributed by atoms with E-state index in [1.807, 2.05) is 45.9 Å². The van der Waals surface area contributed by atoms with Crippen LogP contribution in [0.5, 0.6) is 0 Å². The second kappa shape index (κ2) is 13.5. The van der Waals surface area contributed by atoms with Crippen molar-refractivity contribution in [3.05, 3.63) is 66.1 Å². The molecule has 1 aromatic carbocycles. The minimum Gasteiger partial charge on any atom is -0.446 e. The maximum atomic E-state index is 14.0. The van der Waals surface area contributed by atoms with Gasteiger partial charge in [0.1, 0.15) is 47.3 Å². The number of carbonyl (C=O) groups excluding carboxylic acids is 3. The van der Waals surface area contributed by atoms with Gasteiger partial charge >= 0.3 is 0 Å². The van der Waals surface area contributed by atoms with Crippen molar-refractivity contribution in [2.75, 3.05) is 0 Å². The van der Waals surface area contributed by atoms with E-state index in [9.17, 15) is 14.4 Å². The molecule has 6 heterocycles. The quantitative estimate of drug-likeness (QED) is 0.214. The van der Waals surface area contributed by atoms with E-state index in [-0.39, 0.29) is 53.4 Å². The molecule has 10 bridgehead atoms. The first kappa shape index (κ1) is 32.6. The molecule has 0 spiro atoms. The summed E-state index contributed by atoms with van der Waals surface area (Å²) in [5, 5.41) is 10.7. The molecule has 5 aromatic heterocycles. The van der Waals surface area contributed by atoms with Gasteiger partial charge in [-0.05, 0) is 11.8 Å². The maximum absolute atomic E-state index is 14.0. The van der Waals surface area contributed by atoms with Crippen LogP contribution in [0.1, 0.15) is 50.5 Å². The zero-order valence-corrected chi connectivity index (χ0v) is 28.2. The summed E-state index contributed by atoms with van der Waals surface area (Å²) in [7, 11) is 0. The molecule has 0 saturated heterocycles. The van der Waals surface area contributed by atoms with Gasteiger partial charge in [-0.15, -0.1) is 11.3 Å². The number of benzene rings is 1. The van der Waals surface area contributed by atoms with Crippen LogP contribution in [-0.2, 0) is 16.1 Å². The van der Waals surface area contributed by atoms with E-state index in [0.29, 0.717) is 39.8 Å². The van der Waals surface area contributed by atoms with Gasteiger partial charge in [0, 0.05) is 10.9 Å². The van der Waals surface area contributed by atoms with Gasteiger partial charge in [-0.1, -0.05) is 64.4 Å². The molecular formula is C34H32N8O7S. The number of thiazole rings is 1. The van der Waals surface area contributed by atoms with Gasteiger partial charge < -0.3 is 33.6 Å². The second-order valence-electron chi connectivity index (χ2n) is 12.1. The lowest BCUT2D eigenvalue weighted by Crippen LogP contribution is -2.57. The minimum absolute atomic E-state index is 0.0228. The van der Waals surface area contributed by atoms with Crippen LogP contribution in [0.15, 0.2) is 72.2 Å². The second-order valence-corrected chi connectivity index (χ2v) is 12.9. The summed E-state index contributed by atoms with van der Waals surface area (Å²) in [6.45, 7) is 7.31. The third kappa shape index (κ3) is 6.44. The van der Waals surface area contributed by atoms with Gasteiger partial charge in [0.15, 0.2) is 22.8 Å². The Labute approximate surface area is 289 Å². The number of hydrogen-bond donors (Lipinski definition) is 3. The van der Waals surface area contributed by atoms with E-state index in [2.05, 4.69) is 40.9 Å². The molecular weight excluding hydrogens is 664 g/mol. The zero-order valence-electron chi connectivity index (χ0n) is 27.4. The number of nitrogens with one attached hydrogen (secondary N) is 3. The number of nitrogens with zero attached hydrogens (tertiary/aromatic N) is 5. The van der Waals surface area contributed by atoms with Crippen molar-refractivity contribution in [3.8, 4) is 56.8 Å². The largest absolute Gasteiger partial charge is 0.446 e. The predicted molar refractivity (Wildman–Crippen MR) is 179 cm³/mol. The van der Waals surface area contributed by atoms with Crippen LogP contribution in [0, 0.1) is 11.8 Å². The van der Waals surface area contributed by atoms with Gasteiger partial charge in [-0.25, -0.2) is 24.9 Å². The highest BCUT2D eigenvalue weighted by Crippen LogP contribution is 2.34. The number of oxazole rings is 4. The molecule has 3 atom stereocenters. The molecule has 256 valence electrons. The molecule has 0 saturated carbocycles. The third-order valence-electron chi connectivity index (χ3n) is 8.26. The predicted octanol–water partition coefficient (Wildman–Crippen LogP) is 5.35. The number of hydrogen-bond acceptors (Lipinski definition) is 13. The molecule has 3 amide bonds. The number of fused-ring (bicyclic) bond motifs is 14. The first-order chi connectivity index (χ1) is 24.2. The molecule has 0 radical (unpaired) electrons. The van der Waals surface area contributed by atoms with Crippen LogP contribution < -0.4 is 16.0 Å². The molecule has 1 aliphatic heterocycles. The Balaban J connectivity index is 1.30. The molecule has 7 rings (SSSR count). The highest BCUT2D eigenvalue weighted by atomic mass is 32.1. The van der Waals surface area contributed by atoms with Crippen molar-refractivity contribution < 1.29 is 32.1 Å². The summed E-state index contributed by atoms with van der Waals surface area (Å²) in [4.78, 5) is 63.8. The van der Waals surface area contributed by atoms with E-state index in [0.717, 1.165) is 0 Å². The molecule has 50 heavy (non-hydrogen) atoms. The van der Waals surface area contributed by atoms with Crippen molar-refractivity contribution in [3.63, 3.8) is 0 Å². The van der Waals surface area contributed by atoms with E-state index in [1.54, 1.807) is 17.5 Å². The fourth-order valence-corrected chi connectivity index (χ4v) is 6.03. The zero-order chi connectivity index (χ0) is 34.9. The Bertz CT molecular complexity index is 2160. The lowest BCUT2D eigenvalue weighted by atomic mass is 9.96. The van der Waals surface area contributed by atoms with E-state index >= 15 is 0 Å². The highest BCUT2D eigenvalue weighted by molar-refractivity contribution is 7.13. The van der Waals surface area contributed by atoms with Gasteiger partial charge in [0.05, 0.1) is 6.54 Å². The van der Waals surface area contributed by atoms with Gasteiger partial charge in [-0.3, -0.25) is 14.4 Å². The molecule has 3 N–H and O–H groups in total. The maximum Gasteiger partial charge on any atom is 0.274 e. The average molecular weight is 697 g/mol. The van der Waals surface area contributed by atoms with Crippen LogP contribution >= 0.6 is 11.3 Å². The number of aromatic nitrogens is 5. The molecule has 0 unspecified atom stereocenters. The fourth-order valence-electron chi connectivity index (χ4n) is 5.29. The van der Waals surface area contributed by atoms with Crippen molar-refractivity contribution in [1.29, 1.82) is 0 Å². The summed E-state index contributed by atoms with van der Waals surface area (Å²) >= 11 is 1.28. The van der Waals surface area contributed by atoms with Crippen molar-refractivity contribution >= 4 is 29.1 Å². The van der Waals surface area contributed by atoms with E-state index in [4.69, 9.17) is 17.7 Å². The molecule has 15 nitrogen and oxygen atoms in total. The normalized spacial score (nSPS) is 17.5. The van der Waals surface area contributed by atoms with Crippen molar-refractivity contribution in [2.24, 2.45) is 11.8 Å². The molecule has 0 aliphatic carbocycles. The van der Waals surface area contributed by atoms with Crippen molar-refractivity contribution in [2.45, 2.75) is 52.7 Å². The Hall–Kier alpha value is -5.90. The van der Waals surface area contributed by atoms with Gasteiger partial charge in [0.25, 0.3) is 5.91 Å². The average Bonchev–Trinajstić information content (AvgIpc) is 3.96. The monoisotopic (exact) mass is 696 g/mol. The number of amides is 3. The third-order valence-corrected chi connectivity index (χ3v) is 9.13. The van der Waals surface area contributed by atoms with Crippen LogP contribution in [0.4, 0.5) is 0 Å². The Morgan fingerprint density at radius 3 is 2.22 bits per heavy atom. The smallest absolute Gasteiger partial charge is 0.274 e. The summed E-state index contributed by atoms with van der Waals surface area (Å²) < 4.78 is 23.0. The Morgan fingerprint density at radius 2 is 1.48 bits per heavy atom. The Morgan fingerprint density at radius 1 is 0.780 bits per heavy atom. The fraction of sp³-hybridized carbons (Fsp3) is 0.294. The Kier molecular flexibility index (Phi) is 8.84. The summed E-state index contributed by atoms with van der Waals surface area (Å²) in [5.41, 5.74) is 2.00. The van der Waals surface area contributed by atoms with Crippen molar-refractivity contribution in [1.82, 2.24) is 40.9 Å². The first-order valence-corrected chi connectivity index (χ1v) is 16.8. The van der Waals surface area contributed by atoms with Gasteiger partial charge in [0.2, 0.25) is 35.4 Å². The molecule has 1 aliphatic rings. The summed E-state index contributed by atoms with van der Waals surface area (Å²) in [5.74, 6) is -1.33. The van der Waals surface area contributed by atoms with Gasteiger partial charge in [-0.2, -0.15) is 0 Å².